The minimum absolute atomic E-state index is 0.0273. The summed E-state index contributed by atoms with van der Waals surface area (Å²) in [6.45, 7) is 0. The first-order valence-electron chi connectivity index (χ1n) is 9.07. The normalized spacial score (nSPS) is 13.9. The molecule has 0 aliphatic carbocycles. The molecule has 4 rings (SSSR count). The molecule has 1 aromatic heterocycles. The molecule has 1 aliphatic heterocycles. The molecule has 7 nitrogen and oxygen atoms in total. The molecule has 0 bridgehead atoms. The summed E-state index contributed by atoms with van der Waals surface area (Å²) in [5.41, 5.74) is 0.0164. The number of halogens is 2. The van der Waals surface area contributed by atoms with Crippen molar-refractivity contribution in [2.75, 3.05) is 4.90 Å². The number of carboxylic acid groups (broad SMARTS) is 1. The smallest absolute Gasteiger partial charge is 0.337 e. The van der Waals surface area contributed by atoms with Gasteiger partial charge in [-0.25, -0.2) is 18.1 Å². The van der Waals surface area contributed by atoms with E-state index in [-0.39, 0.29) is 43.7 Å². The molecule has 0 saturated heterocycles. The van der Waals surface area contributed by atoms with Crippen LogP contribution in [-0.2, 0) is 26.8 Å². The second-order valence-corrected chi connectivity index (χ2v) is 10.7. The molecule has 1 N–H and O–H groups in total. The van der Waals surface area contributed by atoms with Gasteiger partial charge >= 0.3 is 5.97 Å². The monoisotopic (exact) mass is 509 g/mol. The SMILES string of the molecule is O=C(O)c1csc2c1C(=O)N(c1cccc(S(=O)(=O)Cc3c(Cl)cccc3Cl)c1)C(=O)C2. The third-order valence-electron chi connectivity index (χ3n) is 4.91. The van der Waals surface area contributed by atoms with Gasteiger partial charge in [0, 0.05) is 25.9 Å². The Morgan fingerprint density at radius 2 is 1.75 bits per heavy atom. The lowest BCUT2D eigenvalue weighted by molar-refractivity contribution is -0.117. The topological polar surface area (TPSA) is 109 Å². The van der Waals surface area contributed by atoms with E-state index in [2.05, 4.69) is 0 Å². The van der Waals surface area contributed by atoms with E-state index >= 15 is 0 Å². The maximum Gasteiger partial charge on any atom is 0.337 e. The fourth-order valence-corrected chi connectivity index (χ4v) is 6.52. The molecular weight excluding hydrogens is 497 g/mol. The van der Waals surface area contributed by atoms with Gasteiger partial charge in [0.05, 0.1) is 33.9 Å². The summed E-state index contributed by atoms with van der Waals surface area (Å²) in [7, 11) is -3.94. The Labute approximate surface area is 196 Å². The highest BCUT2D eigenvalue weighted by Gasteiger charge is 2.37. The van der Waals surface area contributed by atoms with E-state index in [1.54, 1.807) is 6.07 Å². The van der Waals surface area contributed by atoms with Crippen molar-refractivity contribution >= 4 is 67.8 Å². The van der Waals surface area contributed by atoms with Crippen LogP contribution in [0.5, 0.6) is 0 Å². The second-order valence-electron chi connectivity index (χ2n) is 6.92. The molecule has 164 valence electrons. The summed E-state index contributed by atoms with van der Waals surface area (Å²) in [4.78, 5) is 38.2. The highest BCUT2D eigenvalue weighted by atomic mass is 35.5. The number of carboxylic acids is 1. The predicted molar refractivity (Wildman–Crippen MR) is 121 cm³/mol. The number of anilines is 1. The van der Waals surface area contributed by atoms with E-state index in [0.717, 1.165) is 16.2 Å². The number of rotatable bonds is 5. The minimum atomic E-state index is -3.94. The van der Waals surface area contributed by atoms with Crippen LogP contribution in [0, 0.1) is 0 Å². The van der Waals surface area contributed by atoms with Crippen molar-refractivity contribution in [1.29, 1.82) is 0 Å². The Balaban J connectivity index is 1.73. The number of imide groups is 1. The van der Waals surface area contributed by atoms with Crippen LogP contribution < -0.4 is 4.90 Å². The Kier molecular flexibility index (Phi) is 5.85. The van der Waals surface area contributed by atoms with Gasteiger partial charge in [-0.05, 0) is 30.3 Å². The first-order valence-corrected chi connectivity index (χ1v) is 12.4. The number of carbonyl (C=O) groups excluding carboxylic acids is 2. The first kappa shape index (κ1) is 22.5. The zero-order chi connectivity index (χ0) is 23.2. The lowest BCUT2D eigenvalue weighted by Gasteiger charge is -2.25. The number of fused-ring (bicyclic) bond motifs is 1. The molecule has 11 heteroatoms. The summed E-state index contributed by atoms with van der Waals surface area (Å²) in [6.07, 6.45) is -0.161. The van der Waals surface area contributed by atoms with Crippen LogP contribution in [0.4, 0.5) is 5.69 Å². The first-order chi connectivity index (χ1) is 15.1. The van der Waals surface area contributed by atoms with Crippen LogP contribution in [-0.4, -0.2) is 31.3 Å². The van der Waals surface area contributed by atoms with Crippen LogP contribution in [0.3, 0.4) is 0 Å². The fraction of sp³-hybridized carbons (Fsp3) is 0.0952. The van der Waals surface area contributed by atoms with Crippen molar-refractivity contribution in [3.63, 3.8) is 0 Å². The molecule has 0 radical (unpaired) electrons. The molecule has 2 aromatic carbocycles. The molecule has 0 saturated carbocycles. The van der Waals surface area contributed by atoms with E-state index in [9.17, 15) is 27.9 Å². The highest BCUT2D eigenvalue weighted by molar-refractivity contribution is 7.90. The van der Waals surface area contributed by atoms with Crippen LogP contribution in [0.15, 0.2) is 52.7 Å². The van der Waals surface area contributed by atoms with E-state index in [4.69, 9.17) is 23.2 Å². The van der Waals surface area contributed by atoms with E-state index < -0.39 is 33.4 Å². The Morgan fingerprint density at radius 3 is 2.41 bits per heavy atom. The number of amides is 2. The molecule has 0 atom stereocenters. The number of nitrogens with zero attached hydrogens (tertiary/aromatic N) is 1. The van der Waals surface area contributed by atoms with Crippen molar-refractivity contribution in [3.8, 4) is 0 Å². The van der Waals surface area contributed by atoms with E-state index in [0.29, 0.717) is 4.88 Å². The van der Waals surface area contributed by atoms with Crippen molar-refractivity contribution in [3.05, 3.63) is 79.5 Å². The standard InChI is InChI=1S/C21H13Cl2NO6S2/c22-15-5-2-6-16(23)14(15)10-32(29,30)12-4-1-3-11(7-12)24-18(25)8-17-19(20(24)26)13(9-31-17)21(27)28/h1-7,9H,8,10H2,(H,27,28). The Morgan fingerprint density at radius 1 is 1.09 bits per heavy atom. The highest BCUT2D eigenvalue weighted by Crippen LogP contribution is 2.34. The molecule has 0 spiro atoms. The van der Waals surface area contributed by atoms with Crippen LogP contribution in [0.1, 0.15) is 31.2 Å². The van der Waals surface area contributed by atoms with Gasteiger partial charge in [0.1, 0.15) is 0 Å². The van der Waals surface area contributed by atoms with Gasteiger partial charge in [0.25, 0.3) is 5.91 Å². The van der Waals surface area contributed by atoms with E-state index in [1.807, 2.05) is 0 Å². The molecule has 1 aliphatic rings. The van der Waals surface area contributed by atoms with Gasteiger partial charge in [0.15, 0.2) is 9.84 Å². The number of aromatic carboxylic acids is 1. The third-order valence-corrected chi connectivity index (χ3v) is 8.24. The maximum absolute atomic E-state index is 13.0. The quantitative estimate of drug-likeness (QED) is 0.508. The predicted octanol–water partition coefficient (Wildman–Crippen LogP) is 4.46. The minimum Gasteiger partial charge on any atom is -0.478 e. The summed E-state index contributed by atoms with van der Waals surface area (Å²) < 4.78 is 26.0. The van der Waals surface area contributed by atoms with Gasteiger partial charge in [0.2, 0.25) is 5.91 Å². The van der Waals surface area contributed by atoms with Crippen molar-refractivity contribution in [2.24, 2.45) is 0 Å². The molecule has 0 fully saturated rings. The molecule has 0 unspecified atom stereocenters. The number of sulfone groups is 1. The number of thiophene rings is 1. The fourth-order valence-electron chi connectivity index (χ4n) is 3.38. The molecule has 2 amide bonds. The van der Waals surface area contributed by atoms with Gasteiger partial charge in [-0.2, -0.15) is 0 Å². The van der Waals surface area contributed by atoms with Gasteiger partial charge in [-0.1, -0.05) is 35.3 Å². The number of hydrogen-bond acceptors (Lipinski definition) is 6. The maximum atomic E-state index is 13.0. The average Bonchev–Trinajstić information content (AvgIpc) is 3.15. The van der Waals surface area contributed by atoms with Crippen molar-refractivity contribution in [1.82, 2.24) is 0 Å². The summed E-state index contributed by atoms with van der Waals surface area (Å²) >= 11 is 13.2. The van der Waals surface area contributed by atoms with Crippen molar-refractivity contribution in [2.45, 2.75) is 17.1 Å². The van der Waals surface area contributed by atoms with Crippen LogP contribution in [0.25, 0.3) is 0 Å². The van der Waals surface area contributed by atoms with Crippen LogP contribution >= 0.6 is 34.5 Å². The molecule has 2 heterocycles. The molecule has 32 heavy (non-hydrogen) atoms. The van der Waals surface area contributed by atoms with Crippen LogP contribution in [0.2, 0.25) is 10.0 Å². The zero-order valence-corrected chi connectivity index (χ0v) is 19.2. The van der Waals surface area contributed by atoms with Gasteiger partial charge in [-0.3, -0.25) is 9.59 Å². The van der Waals surface area contributed by atoms with Gasteiger partial charge < -0.3 is 5.11 Å². The largest absolute Gasteiger partial charge is 0.478 e. The molecule has 3 aromatic rings. The van der Waals surface area contributed by atoms with E-state index in [1.165, 1.54) is 41.8 Å². The Bertz CT molecular complexity index is 1380. The second kappa shape index (κ2) is 8.32. The average molecular weight is 510 g/mol. The van der Waals surface area contributed by atoms with Crippen molar-refractivity contribution < 1.29 is 27.9 Å². The summed E-state index contributed by atoms with van der Waals surface area (Å²) in [5, 5.41) is 11.1. The summed E-state index contributed by atoms with van der Waals surface area (Å²) in [5.74, 6) is -3.14. The number of hydrogen-bond donors (Lipinski definition) is 1. The number of benzene rings is 2. The third kappa shape index (κ3) is 3.93. The lowest BCUT2D eigenvalue weighted by atomic mass is 10.0. The lowest BCUT2D eigenvalue weighted by Crippen LogP contribution is -2.42. The zero-order valence-electron chi connectivity index (χ0n) is 16.0. The summed E-state index contributed by atoms with van der Waals surface area (Å²) in [6, 6.07) is 10.00. The van der Waals surface area contributed by atoms with Gasteiger partial charge in [-0.15, -0.1) is 11.3 Å². The Hall–Kier alpha value is -2.72. The molecular formula is C21H13Cl2NO6S2. The number of carbonyl (C=O) groups is 3.